The Morgan fingerprint density at radius 1 is 0.789 bits per heavy atom. The van der Waals surface area contributed by atoms with Crippen LogP contribution in [0.2, 0.25) is 10.0 Å². The highest BCUT2D eigenvalue weighted by Gasteiger charge is 2.23. The van der Waals surface area contributed by atoms with Gasteiger partial charge < -0.3 is 15.7 Å². The van der Waals surface area contributed by atoms with Crippen molar-refractivity contribution in [2.45, 2.75) is 16.6 Å². The topological polar surface area (TPSA) is 95.5 Å². The molecule has 0 saturated carbocycles. The number of anilines is 2. The summed E-state index contributed by atoms with van der Waals surface area (Å²) in [6.45, 7) is 0. The third kappa shape index (κ3) is 7.38. The van der Waals surface area contributed by atoms with Crippen LogP contribution in [0.3, 0.4) is 0 Å². The number of hydrogen-bond donors (Lipinski definition) is 3. The third-order valence-electron chi connectivity index (χ3n) is 5.45. The number of benzene rings is 4. The Kier molecular flexibility index (Phi) is 9.07. The van der Waals surface area contributed by atoms with E-state index in [0.717, 1.165) is 16.0 Å². The highest BCUT2D eigenvalue weighted by atomic mass is 35.5. The summed E-state index contributed by atoms with van der Waals surface area (Å²) in [6.07, 6.45) is 0.197. The number of nitrogens with one attached hydrogen (secondary N) is 2. The van der Waals surface area contributed by atoms with Gasteiger partial charge in [-0.15, -0.1) is 11.8 Å². The maximum absolute atomic E-state index is 13.4. The number of aromatic carboxylic acids is 1. The molecule has 4 aromatic carbocycles. The quantitative estimate of drug-likeness (QED) is 0.185. The Hall–Kier alpha value is -3.78. The Bertz CT molecular complexity index is 1460. The molecule has 0 saturated heterocycles. The molecule has 1 unspecified atom stereocenters. The predicted octanol–water partition coefficient (Wildman–Crippen LogP) is 7.34. The first-order valence-electron chi connectivity index (χ1n) is 11.5. The number of carboxylic acid groups (broad SMARTS) is 1. The molecule has 0 aliphatic heterocycles. The van der Waals surface area contributed by atoms with E-state index >= 15 is 0 Å². The summed E-state index contributed by atoms with van der Waals surface area (Å²) in [4.78, 5) is 38.2. The lowest BCUT2D eigenvalue weighted by atomic mass is 10.1. The van der Waals surface area contributed by atoms with Gasteiger partial charge in [0, 0.05) is 21.3 Å². The minimum atomic E-state index is -1.19. The average molecular weight is 565 g/mol. The number of halogens is 2. The van der Waals surface area contributed by atoms with Gasteiger partial charge in [-0.05, 0) is 59.7 Å². The van der Waals surface area contributed by atoms with E-state index in [9.17, 15) is 19.5 Å². The second kappa shape index (κ2) is 12.6. The smallest absolute Gasteiger partial charge is 0.337 e. The van der Waals surface area contributed by atoms with Crippen LogP contribution in [-0.2, 0) is 16.0 Å². The van der Waals surface area contributed by atoms with Crippen LogP contribution in [-0.4, -0.2) is 22.9 Å². The van der Waals surface area contributed by atoms with E-state index in [2.05, 4.69) is 10.6 Å². The summed E-state index contributed by atoms with van der Waals surface area (Å²) in [7, 11) is 0. The minimum absolute atomic E-state index is 0.0828. The fourth-order valence-electron chi connectivity index (χ4n) is 3.65. The van der Waals surface area contributed by atoms with Gasteiger partial charge in [-0.3, -0.25) is 9.59 Å². The van der Waals surface area contributed by atoms with Gasteiger partial charge in [0.2, 0.25) is 11.8 Å². The Balaban J connectivity index is 1.51. The van der Waals surface area contributed by atoms with E-state index in [4.69, 9.17) is 23.2 Å². The molecule has 0 aliphatic carbocycles. The van der Waals surface area contributed by atoms with Gasteiger partial charge in [0.05, 0.1) is 17.0 Å². The van der Waals surface area contributed by atoms with Crippen LogP contribution in [0, 0.1) is 0 Å². The normalized spacial score (nSPS) is 11.4. The lowest BCUT2D eigenvalue weighted by molar-refractivity contribution is -0.116. The van der Waals surface area contributed by atoms with Crippen molar-refractivity contribution in [3.05, 3.63) is 124 Å². The first-order valence-corrected chi connectivity index (χ1v) is 13.1. The molecular weight excluding hydrogens is 543 g/mol. The average Bonchev–Trinajstić information content (AvgIpc) is 2.90. The zero-order valence-electron chi connectivity index (χ0n) is 19.9. The molecule has 0 aromatic heterocycles. The van der Waals surface area contributed by atoms with Crippen LogP contribution >= 0.6 is 35.0 Å². The van der Waals surface area contributed by atoms with Crippen molar-refractivity contribution < 1.29 is 19.5 Å². The summed E-state index contributed by atoms with van der Waals surface area (Å²) in [5.74, 6) is -1.70. The molecule has 192 valence electrons. The third-order valence-corrected chi connectivity index (χ3v) is 7.28. The summed E-state index contributed by atoms with van der Waals surface area (Å²) in [5.41, 5.74) is 2.42. The molecule has 0 aliphatic rings. The fraction of sp³-hybridized carbons (Fsp3) is 0.0690. The van der Waals surface area contributed by atoms with E-state index in [-0.39, 0.29) is 28.8 Å². The van der Waals surface area contributed by atoms with Crippen LogP contribution in [0.1, 0.15) is 26.7 Å². The van der Waals surface area contributed by atoms with Crippen molar-refractivity contribution in [3.63, 3.8) is 0 Å². The largest absolute Gasteiger partial charge is 0.478 e. The van der Waals surface area contributed by atoms with Gasteiger partial charge in [0.15, 0.2) is 0 Å². The second-order valence-electron chi connectivity index (χ2n) is 8.28. The van der Waals surface area contributed by atoms with Crippen molar-refractivity contribution in [1.29, 1.82) is 0 Å². The fourth-order valence-corrected chi connectivity index (χ4v) is 5.06. The summed E-state index contributed by atoms with van der Waals surface area (Å²) >= 11 is 13.2. The lowest BCUT2D eigenvalue weighted by Crippen LogP contribution is -2.19. The molecule has 9 heteroatoms. The molecule has 0 heterocycles. The van der Waals surface area contributed by atoms with Gasteiger partial charge in [-0.1, -0.05) is 71.7 Å². The molecule has 0 spiro atoms. The van der Waals surface area contributed by atoms with Crippen LogP contribution in [0.25, 0.3) is 0 Å². The first-order chi connectivity index (χ1) is 18.3. The molecule has 0 radical (unpaired) electrons. The molecule has 6 nitrogen and oxygen atoms in total. The predicted molar refractivity (Wildman–Crippen MR) is 152 cm³/mol. The molecule has 3 N–H and O–H groups in total. The Labute approximate surface area is 234 Å². The number of amides is 2. The van der Waals surface area contributed by atoms with E-state index in [1.165, 1.54) is 23.9 Å². The Morgan fingerprint density at radius 3 is 2.21 bits per heavy atom. The molecule has 4 rings (SSSR count). The van der Waals surface area contributed by atoms with Crippen molar-refractivity contribution in [2.24, 2.45) is 0 Å². The van der Waals surface area contributed by atoms with Crippen LogP contribution in [0.4, 0.5) is 11.4 Å². The van der Waals surface area contributed by atoms with Gasteiger partial charge in [0.1, 0.15) is 5.25 Å². The molecular formula is C29H22Cl2N2O4S. The molecule has 38 heavy (non-hydrogen) atoms. The first kappa shape index (κ1) is 27.3. The van der Waals surface area contributed by atoms with Gasteiger partial charge >= 0.3 is 5.97 Å². The van der Waals surface area contributed by atoms with Crippen molar-refractivity contribution in [2.75, 3.05) is 10.6 Å². The number of carbonyl (C=O) groups excluding carboxylic acids is 2. The summed E-state index contributed by atoms with van der Waals surface area (Å²) < 4.78 is 0. The zero-order chi connectivity index (χ0) is 27.1. The molecule has 4 aromatic rings. The highest BCUT2D eigenvalue weighted by Crippen LogP contribution is 2.37. The number of carbonyl (C=O) groups is 3. The maximum atomic E-state index is 13.4. The monoisotopic (exact) mass is 564 g/mol. The van der Waals surface area contributed by atoms with Crippen molar-refractivity contribution >= 4 is 64.1 Å². The lowest BCUT2D eigenvalue weighted by Gasteiger charge is -2.18. The van der Waals surface area contributed by atoms with Gasteiger partial charge in [-0.25, -0.2) is 4.79 Å². The van der Waals surface area contributed by atoms with Gasteiger partial charge in [-0.2, -0.15) is 0 Å². The number of thioether (sulfide) groups is 1. The van der Waals surface area contributed by atoms with Crippen LogP contribution in [0.5, 0.6) is 0 Å². The highest BCUT2D eigenvalue weighted by molar-refractivity contribution is 8.00. The van der Waals surface area contributed by atoms with E-state index in [0.29, 0.717) is 16.4 Å². The number of rotatable bonds is 9. The summed E-state index contributed by atoms with van der Waals surface area (Å²) in [5, 5.41) is 15.1. The maximum Gasteiger partial charge on any atom is 0.337 e. The SMILES string of the molecule is O=C(Cc1ccc(Cl)cc1)Nc1cccc(SC(C(=O)Nc2ccc(Cl)c(C(=O)O)c2)c2ccccc2)c1. The zero-order valence-corrected chi connectivity index (χ0v) is 22.2. The van der Waals surface area contributed by atoms with E-state index < -0.39 is 11.2 Å². The standard InChI is InChI=1S/C29H22Cl2N2O4S/c30-20-11-9-18(10-12-20)15-26(34)32-21-7-4-8-23(16-21)38-27(19-5-2-1-3-6-19)28(35)33-22-13-14-25(31)24(17-22)29(36)37/h1-14,16-17,27H,15H2,(H,32,34)(H,33,35)(H,36,37). The van der Waals surface area contributed by atoms with Crippen molar-refractivity contribution in [1.82, 2.24) is 0 Å². The molecule has 0 bridgehead atoms. The second-order valence-corrected chi connectivity index (χ2v) is 10.3. The number of hydrogen-bond acceptors (Lipinski definition) is 4. The van der Waals surface area contributed by atoms with E-state index in [1.54, 1.807) is 48.5 Å². The minimum Gasteiger partial charge on any atom is -0.478 e. The number of carboxylic acids is 1. The summed E-state index contributed by atoms with van der Waals surface area (Å²) in [6, 6.07) is 27.9. The van der Waals surface area contributed by atoms with Crippen LogP contribution < -0.4 is 10.6 Å². The van der Waals surface area contributed by atoms with Crippen molar-refractivity contribution in [3.8, 4) is 0 Å². The van der Waals surface area contributed by atoms with E-state index in [1.807, 2.05) is 36.4 Å². The molecule has 2 amide bonds. The van der Waals surface area contributed by atoms with Crippen LogP contribution in [0.15, 0.2) is 102 Å². The molecule has 0 fully saturated rings. The molecule has 1 atom stereocenters. The van der Waals surface area contributed by atoms with Gasteiger partial charge in [0.25, 0.3) is 0 Å². The Morgan fingerprint density at radius 2 is 1.50 bits per heavy atom.